The van der Waals surface area contributed by atoms with Crippen LogP contribution >= 0.6 is 0 Å². The van der Waals surface area contributed by atoms with E-state index in [4.69, 9.17) is 4.74 Å². The van der Waals surface area contributed by atoms with Gasteiger partial charge in [-0.25, -0.2) is 4.99 Å². The van der Waals surface area contributed by atoms with E-state index in [0.29, 0.717) is 5.88 Å². The van der Waals surface area contributed by atoms with Gasteiger partial charge in [-0.2, -0.15) is 0 Å². The number of carbonyl (C=O) groups is 1. The Morgan fingerprint density at radius 3 is 2.42 bits per heavy atom. The SMILES string of the molecule is C=N/C(OCC(C)(C)C(=O)NC1CCN(C)CC1)=C(/C)C=C(C)C. The van der Waals surface area contributed by atoms with Gasteiger partial charge in [0.1, 0.15) is 6.61 Å². The van der Waals surface area contributed by atoms with Gasteiger partial charge in [0.15, 0.2) is 0 Å². The number of piperidine rings is 1. The fourth-order valence-electron chi connectivity index (χ4n) is 2.63. The van der Waals surface area contributed by atoms with Gasteiger partial charge in [-0.15, -0.1) is 0 Å². The molecule has 5 nitrogen and oxygen atoms in total. The second kappa shape index (κ2) is 9.02. The summed E-state index contributed by atoms with van der Waals surface area (Å²) in [5, 5.41) is 3.16. The Kier molecular flexibility index (Phi) is 7.67. The van der Waals surface area contributed by atoms with Crippen LogP contribution < -0.4 is 5.32 Å². The van der Waals surface area contributed by atoms with Crippen LogP contribution in [0.2, 0.25) is 0 Å². The lowest BCUT2D eigenvalue weighted by molar-refractivity contribution is -0.132. The molecule has 0 aromatic heterocycles. The highest BCUT2D eigenvalue weighted by Gasteiger charge is 2.31. The predicted octanol–water partition coefficient (Wildman–Crippen LogP) is 3.14. The van der Waals surface area contributed by atoms with E-state index in [1.807, 2.05) is 40.7 Å². The lowest BCUT2D eigenvalue weighted by atomic mass is 9.92. The maximum atomic E-state index is 12.6. The van der Waals surface area contributed by atoms with Crippen molar-refractivity contribution in [2.75, 3.05) is 26.7 Å². The smallest absolute Gasteiger partial charge is 0.229 e. The number of hydrogen-bond donors (Lipinski definition) is 1. The number of amides is 1. The van der Waals surface area contributed by atoms with Crippen molar-refractivity contribution in [3.8, 4) is 0 Å². The molecule has 0 aliphatic carbocycles. The molecular weight excluding hydrogens is 302 g/mol. The zero-order valence-corrected chi connectivity index (χ0v) is 16.1. The van der Waals surface area contributed by atoms with E-state index < -0.39 is 5.41 Å². The molecule has 1 rings (SSSR count). The second-order valence-electron chi connectivity index (χ2n) is 7.59. The van der Waals surface area contributed by atoms with Crippen molar-refractivity contribution in [1.29, 1.82) is 0 Å². The average Bonchev–Trinajstić information content (AvgIpc) is 2.49. The lowest BCUT2D eigenvalue weighted by Gasteiger charge is -2.32. The summed E-state index contributed by atoms with van der Waals surface area (Å²) in [6, 6.07) is 0.257. The number of nitrogens with one attached hydrogen (secondary N) is 1. The predicted molar refractivity (Wildman–Crippen MR) is 100 cm³/mol. The molecule has 24 heavy (non-hydrogen) atoms. The van der Waals surface area contributed by atoms with Crippen LogP contribution in [0.5, 0.6) is 0 Å². The van der Waals surface area contributed by atoms with Crippen LogP contribution in [-0.2, 0) is 9.53 Å². The largest absolute Gasteiger partial charge is 0.476 e. The highest BCUT2D eigenvalue weighted by atomic mass is 16.5. The van der Waals surface area contributed by atoms with Gasteiger partial charge in [-0.1, -0.05) is 11.6 Å². The van der Waals surface area contributed by atoms with Crippen LogP contribution in [0.3, 0.4) is 0 Å². The van der Waals surface area contributed by atoms with Gasteiger partial charge in [0.2, 0.25) is 11.8 Å². The monoisotopic (exact) mass is 335 g/mol. The van der Waals surface area contributed by atoms with Gasteiger partial charge in [0, 0.05) is 11.6 Å². The van der Waals surface area contributed by atoms with E-state index in [1.165, 1.54) is 0 Å². The molecule has 0 aromatic carbocycles. The molecule has 0 radical (unpaired) electrons. The van der Waals surface area contributed by atoms with E-state index >= 15 is 0 Å². The van der Waals surface area contributed by atoms with E-state index in [0.717, 1.165) is 37.1 Å². The molecule has 1 aliphatic heterocycles. The number of likely N-dealkylation sites (tertiary alicyclic amines) is 1. The maximum Gasteiger partial charge on any atom is 0.229 e. The minimum absolute atomic E-state index is 0.0281. The summed E-state index contributed by atoms with van der Waals surface area (Å²) in [4.78, 5) is 18.8. The van der Waals surface area contributed by atoms with E-state index in [2.05, 4.69) is 29.0 Å². The first kappa shape index (κ1) is 20.4. The van der Waals surface area contributed by atoms with Crippen molar-refractivity contribution in [2.24, 2.45) is 10.4 Å². The fourth-order valence-corrected chi connectivity index (χ4v) is 2.63. The maximum absolute atomic E-state index is 12.6. The third-order valence-corrected chi connectivity index (χ3v) is 4.22. The topological polar surface area (TPSA) is 53.9 Å². The quantitative estimate of drug-likeness (QED) is 0.442. The number of hydrogen-bond acceptors (Lipinski definition) is 4. The number of ether oxygens (including phenoxy) is 1. The summed E-state index contributed by atoms with van der Waals surface area (Å²) in [6.07, 6.45) is 3.99. The molecule has 0 saturated carbocycles. The zero-order chi connectivity index (χ0) is 18.3. The molecule has 1 N–H and O–H groups in total. The normalized spacial score (nSPS) is 17.8. The van der Waals surface area contributed by atoms with Gasteiger partial charge < -0.3 is 15.0 Å². The number of nitrogens with zero attached hydrogens (tertiary/aromatic N) is 2. The Bertz CT molecular complexity index is 509. The van der Waals surface area contributed by atoms with Gasteiger partial charge in [0.25, 0.3) is 0 Å². The molecule has 1 heterocycles. The minimum Gasteiger partial charge on any atom is -0.476 e. The molecule has 0 aromatic rings. The van der Waals surface area contributed by atoms with Crippen molar-refractivity contribution in [1.82, 2.24) is 10.2 Å². The summed E-state index contributed by atoms with van der Waals surface area (Å²) in [5.41, 5.74) is 1.46. The molecule has 0 unspecified atom stereocenters. The number of aliphatic imine (C=N–C) groups is 1. The first-order valence-corrected chi connectivity index (χ1v) is 8.60. The van der Waals surface area contributed by atoms with Crippen LogP contribution in [0.4, 0.5) is 0 Å². The van der Waals surface area contributed by atoms with Gasteiger partial charge in [-0.05, 0) is 74.3 Å². The molecule has 136 valence electrons. The van der Waals surface area contributed by atoms with Crippen molar-refractivity contribution in [3.05, 3.63) is 23.1 Å². The summed E-state index contributed by atoms with van der Waals surface area (Å²) in [7, 11) is 2.11. The van der Waals surface area contributed by atoms with Gasteiger partial charge >= 0.3 is 0 Å². The summed E-state index contributed by atoms with van der Waals surface area (Å²) >= 11 is 0. The van der Waals surface area contributed by atoms with Crippen LogP contribution in [0, 0.1) is 5.41 Å². The second-order valence-corrected chi connectivity index (χ2v) is 7.59. The fraction of sp³-hybridized carbons (Fsp3) is 0.684. The van der Waals surface area contributed by atoms with Crippen molar-refractivity contribution >= 4 is 12.6 Å². The summed E-state index contributed by atoms with van der Waals surface area (Å²) < 4.78 is 5.78. The average molecular weight is 335 g/mol. The molecule has 0 spiro atoms. The summed E-state index contributed by atoms with van der Waals surface area (Å²) in [6.45, 7) is 15.7. The minimum atomic E-state index is -0.620. The number of rotatable bonds is 7. The van der Waals surface area contributed by atoms with Crippen LogP contribution in [0.1, 0.15) is 47.5 Å². The Balaban J connectivity index is 2.62. The van der Waals surface area contributed by atoms with Gasteiger partial charge in [0.05, 0.1) is 5.41 Å². The van der Waals surface area contributed by atoms with Crippen molar-refractivity contribution < 1.29 is 9.53 Å². The third kappa shape index (κ3) is 6.48. The van der Waals surface area contributed by atoms with Crippen LogP contribution in [-0.4, -0.2) is 50.3 Å². The molecule has 5 heteroatoms. The molecule has 0 bridgehead atoms. The summed E-state index contributed by atoms with van der Waals surface area (Å²) in [5.74, 6) is 0.511. The Hall–Kier alpha value is -1.62. The number of carbonyl (C=O) groups excluding carboxylic acids is 1. The van der Waals surface area contributed by atoms with Crippen molar-refractivity contribution in [2.45, 2.75) is 53.5 Å². The molecule has 1 fully saturated rings. The highest BCUT2D eigenvalue weighted by molar-refractivity contribution is 5.82. The zero-order valence-electron chi connectivity index (χ0n) is 16.1. The number of allylic oxidation sites excluding steroid dienone is 3. The third-order valence-electron chi connectivity index (χ3n) is 4.22. The van der Waals surface area contributed by atoms with Crippen LogP contribution in [0.15, 0.2) is 28.1 Å². The molecule has 1 saturated heterocycles. The first-order valence-electron chi connectivity index (χ1n) is 8.60. The molecular formula is C19H33N3O2. The Morgan fingerprint density at radius 2 is 1.92 bits per heavy atom. The molecule has 1 amide bonds. The van der Waals surface area contributed by atoms with Crippen molar-refractivity contribution in [3.63, 3.8) is 0 Å². The Labute approximate surface area is 146 Å². The first-order chi connectivity index (χ1) is 11.2. The molecule has 0 atom stereocenters. The Morgan fingerprint density at radius 1 is 1.33 bits per heavy atom. The van der Waals surface area contributed by atoms with Gasteiger partial charge in [-0.3, -0.25) is 4.79 Å². The highest BCUT2D eigenvalue weighted by Crippen LogP contribution is 2.21. The van der Waals surface area contributed by atoms with Crippen LogP contribution in [0.25, 0.3) is 0 Å². The lowest BCUT2D eigenvalue weighted by Crippen LogP contribution is -2.48. The molecule has 1 aliphatic rings. The standard InChI is InChI=1S/C19H33N3O2/c1-14(2)12-15(3)17(20-6)24-13-19(4,5)18(23)21-16-8-10-22(7)11-9-16/h12,16H,6,8-11,13H2,1-5,7H3,(H,21,23)/b17-15+. The van der Waals surface area contributed by atoms with E-state index in [1.54, 1.807) is 0 Å². The van der Waals surface area contributed by atoms with E-state index in [9.17, 15) is 4.79 Å². The van der Waals surface area contributed by atoms with E-state index in [-0.39, 0.29) is 18.6 Å².